The first-order valence-corrected chi connectivity index (χ1v) is 3.92. The Balaban J connectivity index is 3.45. The van der Waals surface area contributed by atoms with Crippen LogP contribution in [0.3, 0.4) is 0 Å². The van der Waals surface area contributed by atoms with Crippen LogP contribution >= 0.6 is 0 Å². The number of rotatable bonds is 6. The Morgan fingerprint density at radius 1 is 1.36 bits per heavy atom. The molecule has 0 heterocycles. The van der Waals surface area contributed by atoms with Crippen molar-refractivity contribution < 1.29 is 0 Å². The largest absolute Gasteiger partial charge is 0.389 e. The third kappa shape index (κ3) is 5.46. The predicted molar refractivity (Wildman–Crippen MR) is 51.4 cm³/mol. The summed E-state index contributed by atoms with van der Waals surface area (Å²) in [6, 6.07) is 0. The number of hydrogen-bond donors (Lipinski definition) is 1. The predicted octanol–water partition coefficient (Wildman–Crippen LogP) is 2.63. The molecule has 0 saturated heterocycles. The van der Waals surface area contributed by atoms with Gasteiger partial charge in [-0.1, -0.05) is 31.4 Å². The van der Waals surface area contributed by atoms with Crippen molar-refractivity contribution in [1.82, 2.24) is 5.32 Å². The fourth-order valence-electron chi connectivity index (χ4n) is 0.752. The molecule has 0 amide bonds. The van der Waals surface area contributed by atoms with Crippen molar-refractivity contribution in [2.24, 2.45) is 0 Å². The molecule has 0 aliphatic carbocycles. The van der Waals surface area contributed by atoms with Gasteiger partial charge in [0.1, 0.15) is 0 Å². The smallest absolute Gasteiger partial charge is 0.0115 e. The third-order valence-corrected chi connectivity index (χ3v) is 1.46. The van der Waals surface area contributed by atoms with E-state index in [1.165, 1.54) is 0 Å². The molecule has 0 spiro atoms. The summed E-state index contributed by atoms with van der Waals surface area (Å²) in [7, 11) is 0. The minimum absolute atomic E-state index is 0.944. The molecule has 0 radical (unpaired) electrons. The van der Waals surface area contributed by atoms with E-state index >= 15 is 0 Å². The highest BCUT2D eigenvalue weighted by Gasteiger charge is 1.92. The van der Waals surface area contributed by atoms with E-state index in [0.717, 1.165) is 30.7 Å². The average molecular weight is 151 g/mol. The van der Waals surface area contributed by atoms with Crippen LogP contribution < -0.4 is 5.32 Å². The highest BCUT2D eigenvalue weighted by atomic mass is 14.9. The summed E-state index contributed by atoms with van der Waals surface area (Å²) >= 11 is 0. The van der Waals surface area contributed by atoms with E-state index in [4.69, 9.17) is 0 Å². The number of nitrogens with one attached hydrogen (secondary N) is 1. The molecular formula is C10H17N. The maximum atomic E-state index is 3.86. The van der Waals surface area contributed by atoms with Crippen molar-refractivity contribution in [3.05, 3.63) is 37.1 Å². The minimum atomic E-state index is 0.944. The standard InChI is InChI=1S/C10H17N/c1-5-9(3)7-8-10(4)11-6-2/h5,11H,1,3-4,6-8H2,2H3. The number of hydrogen-bond acceptors (Lipinski definition) is 1. The van der Waals surface area contributed by atoms with Crippen LogP contribution in [-0.4, -0.2) is 6.54 Å². The highest BCUT2D eigenvalue weighted by Crippen LogP contribution is 2.06. The first-order chi connectivity index (χ1) is 5.20. The lowest BCUT2D eigenvalue weighted by Gasteiger charge is -2.05. The van der Waals surface area contributed by atoms with Gasteiger partial charge in [0, 0.05) is 12.2 Å². The van der Waals surface area contributed by atoms with Gasteiger partial charge in [-0.25, -0.2) is 0 Å². The van der Waals surface area contributed by atoms with Crippen LogP contribution in [0.4, 0.5) is 0 Å². The molecule has 0 aromatic rings. The molecule has 0 rings (SSSR count). The first kappa shape index (κ1) is 10.0. The second-order valence-electron chi connectivity index (χ2n) is 2.50. The molecule has 0 saturated carbocycles. The fraction of sp³-hybridized carbons (Fsp3) is 0.400. The lowest BCUT2D eigenvalue weighted by Crippen LogP contribution is -2.10. The fourth-order valence-corrected chi connectivity index (χ4v) is 0.752. The summed E-state index contributed by atoms with van der Waals surface area (Å²) in [5, 5.41) is 3.16. The van der Waals surface area contributed by atoms with Crippen LogP contribution in [-0.2, 0) is 0 Å². The van der Waals surface area contributed by atoms with Crippen LogP contribution in [0.2, 0.25) is 0 Å². The maximum absolute atomic E-state index is 3.86. The van der Waals surface area contributed by atoms with Gasteiger partial charge in [-0.15, -0.1) is 0 Å². The molecule has 62 valence electrons. The summed E-state index contributed by atoms with van der Waals surface area (Å²) in [5.41, 5.74) is 2.15. The summed E-state index contributed by atoms with van der Waals surface area (Å²) in [5.74, 6) is 0. The van der Waals surface area contributed by atoms with E-state index < -0.39 is 0 Å². The van der Waals surface area contributed by atoms with Gasteiger partial charge in [0.05, 0.1) is 0 Å². The number of allylic oxidation sites excluding steroid dienone is 3. The summed E-state index contributed by atoms with van der Waals surface area (Å²) in [6.45, 7) is 14.3. The Labute approximate surface area is 69.5 Å². The second kappa shape index (κ2) is 5.78. The van der Waals surface area contributed by atoms with Crippen molar-refractivity contribution in [1.29, 1.82) is 0 Å². The lowest BCUT2D eigenvalue weighted by atomic mass is 10.1. The van der Waals surface area contributed by atoms with Crippen molar-refractivity contribution in [3.63, 3.8) is 0 Å². The van der Waals surface area contributed by atoms with Crippen molar-refractivity contribution in [3.8, 4) is 0 Å². The average Bonchev–Trinajstić information content (AvgIpc) is 2.01. The van der Waals surface area contributed by atoms with Gasteiger partial charge in [-0.3, -0.25) is 0 Å². The van der Waals surface area contributed by atoms with Gasteiger partial charge in [0.15, 0.2) is 0 Å². The summed E-state index contributed by atoms with van der Waals surface area (Å²) in [6.07, 6.45) is 3.70. The minimum Gasteiger partial charge on any atom is -0.389 e. The van der Waals surface area contributed by atoms with Crippen molar-refractivity contribution in [2.45, 2.75) is 19.8 Å². The Morgan fingerprint density at radius 3 is 2.45 bits per heavy atom. The van der Waals surface area contributed by atoms with Gasteiger partial charge in [0.2, 0.25) is 0 Å². The molecule has 1 heteroatoms. The third-order valence-electron chi connectivity index (χ3n) is 1.46. The van der Waals surface area contributed by atoms with E-state index in [1.807, 2.05) is 0 Å². The quantitative estimate of drug-likeness (QED) is 0.575. The zero-order chi connectivity index (χ0) is 8.69. The molecule has 0 fully saturated rings. The molecule has 1 N–H and O–H groups in total. The first-order valence-electron chi connectivity index (χ1n) is 3.92. The maximum Gasteiger partial charge on any atom is 0.0115 e. The van der Waals surface area contributed by atoms with Crippen LogP contribution in [0.15, 0.2) is 37.1 Å². The molecule has 1 nitrogen and oxygen atoms in total. The second-order valence-corrected chi connectivity index (χ2v) is 2.50. The van der Waals surface area contributed by atoms with E-state index in [2.05, 4.69) is 32.0 Å². The highest BCUT2D eigenvalue weighted by molar-refractivity contribution is 5.12. The van der Waals surface area contributed by atoms with Gasteiger partial charge in [-0.2, -0.15) is 0 Å². The lowest BCUT2D eigenvalue weighted by molar-refractivity contribution is 0.780. The van der Waals surface area contributed by atoms with Crippen molar-refractivity contribution in [2.75, 3.05) is 6.54 Å². The molecule has 0 atom stereocenters. The Hall–Kier alpha value is -0.980. The summed E-state index contributed by atoms with van der Waals surface area (Å²) in [4.78, 5) is 0. The van der Waals surface area contributed by atoms with Crippen LogP contribution in [0.1, 0.15) is 19.8 Å². The van der Waals surface area contributed by atoms with E-state index in [1.54, 1.807) is 6.08 Å². The molecule has 0 unspecified atom stereocenters. The molecule has 0 aliphatic rings. The molecule has 0 aromatic heterocycles. The van der Waals surface area contributed by atoms with E-state index in [9.17, 15) is 0 Å². The molecule has 11 heavy (non-hydrogen) atoms. The SMILES string of the molecule is C=CC(=C)CCC(=C)NCC. The van der Waals surface area contributed by atoms with Gasteiger partial charge in [-0.05, 0) is 19.8 Å². The molecule has 0 aliphatic heterocycles. The van der Waals surface area contributed by atoms with Crippen LogP contribution in [0.25, 0.3) is 0 Å². The monoisotopic (exact) mass is 151 g/mol. The zero-order valence-electron chi connectivity index (χ0n) is 7.32. The van der Waals surface area contributed by atoms with Gasteiger partial charge < -0.3 is 5.32 Å². The zero-order valence-corrected chi connectivity index (χ0v) is 7.32. The summed E-state index contributed by atoms with van der Waals surface area (Å²) < 4.78 is 0. The van der Waals surface area contributed by atoms with E-state index in [0.29, 0.717) is 0 Å². The Morgan fingerprint density at radius 2 is 2.00 bits per heavy atom. The molecular weight excluding hydrogens is 134 g/mol. The van der Waals surface area contributed by atoms with Crippen LogP contribution in [0, 0.1) is 0 Å². The Bertz CT molecular complexity index is 156. The van der Waals surface area contributed by atoms with Crippen LogP contribution in [0.5, 0.6) is 0 Å². The van der Waals surface area contributed by atoms with E-state index in [-0.39, 0.29) is 0 Å². The molecule has 0 aromatic carbocycles. The normalized spacial score (nSPS) is 8.82. The molecule has 0 bridgehead atoms. The van der Waals surface area contributed by atoms with Gasteiger partial charge in [0.25, 0.3) is 0 Å². The topological polar surface area (TPSA) is 12.0 Å². The van der Waals surface area contributed by atoms with Gasteiger partial charge >= 0.3 is 0 Å². The van der Waals surface area contributed by atoms with Crippen molar-refractivity contribution >= 4 is 0 Å². The Kier molecular flexibility index (Phi) is 5.26.